The van der Waals surface area contributed by atoms with Crippen molar-refractivity contribution in [2.75, 3.05) is 26.2 Å². The molecule has 1 aliphatic heterocycles. The number of fused-ring (bicyclic) bond motifs is 1. The maximum absolute atomic E-state index is 12.9. The number of rotatable bonds is 2. The smallest absolute Gasteiger partial charge is 0.317 e. The molecule has 2 fully saturated rings. The Labute approximate surface area is 162 Å². The first kappa shape index (κ1) is 18.5. The molecule has 148 valence electrons. The van der Waals surface area contributed by atoms with Gasteiger partial charge in [0.2, 0.25) is 0 Å². The second-order valence-electron chi connectivity index (χ2n) is 7.51. The summed E-state index contributed by atoms with van der Waals surface area (Å²) < 4.78 is 0. The fourth-order valence-corrected chi connectivity index (χ4v) is 4.05. The Kier molecular flexibility index (Phi) is 5.27. The van der Waals surface area contributed by atoms with E-state index in [9.17, 15) is 14.4 Å². The third kappa shape index (κ3) is 3.72. The van der Waals surface area contributed by atoms with Crippen LogP contribution in [0.1, 0.15) is 42.6 Å². The van der Waals surface area contributed by atoms with Crippen molar-refractivity contribution in [1.82, 2.24) is 25.3 Å². The van der Waals surface area contributed by atoms with Crippen molar-refractivity contribution in [3.05, 3.63) is 40.3 Å². The topological polar surface area (TPSA) is 98.4 Å². The largest absolute Gasteiger partial charge is 0.335 e. The number of piperazine rings is 1. The second kappa shape index (κ2) is 8.00. The molecule has 3 amide bonds. The zero-order chi connectivity index (χ0) is 19.5. The van der Waals surface area contributed by atoms with Crippen LogP contribution in [0.15, 0.2) is 29.1 Å². The van der Waals surface area contributed by atoms with Crippen molar-refractivity contribution in [1.29, 1.82) is 0 Å². The normalized spacial score (nSPS) is 18.3. The third-order valence-electron chi connectivity index (χ3n) is 5.69. The molecular formula is C20H25N5O3. The molecule has 4 rings (SSSR count). The van der Waals surface area contributed by atoms with E-state index in [1.807, 2.05) is 0 Å². The zero-order valence-corrected chi connectivity index (χ0v) is 15.8. The van der Waals surface area contributed by atoms with Gasteiger partial charge in [-0.05, 0) is 18.9 Å². The van der Waals surface area contributed by atoms with Gasteiger partial charge in [-0.15, -0.1) is 0 Å². The molecule has 8 nitrogen and oxygen atoms in total. The molecule has 28 heavy (non-hydrogen) atoms. The Hall–Kier alpha value is -2.90. The van der Waals surface area contributed by atoms with Gasteiger partial charge in [-0.1, -0.05) is 37.5 Å². The summed E-state index contributed by atoms with van der Waals surface area (Å²) in [6, 6.07) is 7.20. The molecule has 0 radical (unpaired) electrons. The summed E-state index contributed by atoms with van der Waals surface area (Å²) in [5.41, 5.74) is -0.0633. The number of urea groups is 1. The predicted molar refractivity (Wildman–Crippen MR) is 105 cm³/mol. The summed E-state index contributed by atoms with van der Waals surface area (Å²) in [5.74, 6) is -0.222. The van der Waals surface area contributed by atoms with E-state index in [4.69, 9.17) is 0 Å². The van der Waals surface area contributed by atoms with E-state index >= 15 is 0 Å². The lowest BCUT2D eigenvalue weighted by molar-refractivity contribution is 0.0657. The van der Waals surface area contributed by atoms with E-state index in [1.54, 1.807) is 34.1 Å². The summed E-state index contributed by atoms with van der Waals surface area (Å²) in [5, 5.41) is 10.5. The number of aromatic amines is 1. The van der Waals surface area contributed by atoms with Gasteiger partial charge in [-0.25, -0.2) is 9.89 Å². The minimum atomic E-state index is -0.309. The maximum Gasteiger partial charge on any atom is 0.317 e. The third-order valence-corrected chi connectivity index (χ3v) is 5.69. The molecule has 1 aliphatic carbocycles. The summed E-state index contributed by atoms with van der Waals surface area (Å²) in [4.78, 5) is 40.8. The molecule has 1 saturated carbocycles. The lowest BCUT2D eigenvalue weighted by Crippen LogP contribution is -2.54. The van der Waals surface area contributed by atoms with E-state index in [0.29, 0.717) is 37.0 Å². The molecular weight excluding hydrogens is 358 g/mol. The Morgan fingerprint density at radius 3 is 2.32 bits per heavy atom. The van der Waals surface area contributed by atoms with Gasteiger partial charge < -0.3 is 15.1 Å². The first-order valence-electron chi connectivity index (χ1n) is 9.95. The van der Waals surface area contributed by atoms with Crippen LogP contribution in [0, 0.1) is 0 Å². The number of nitrogens with one attached hydrogen (secondary N) is 2. The highest BCUT2D eigenvalue weighted by Crippen LogP contribution is 2.18. The number of nitrogens with zero attached hydrogens (tertiary/aromatic N) is 3. The highest BCUT2D eigenvalue weighted by Gasteiger charge is 2.28. The number of amides is 3. The molecule has 2 heterocycles. The summed E-state index contributed by atoms with van der Waals surface area (Å²) in [6.07, 6.45) is 5.70. The molecule has 0 atom stereocenters. The Morgan fingerprint density at radius 1 is 0.964 bits per heavy atom. The van der Waals surface area contributed by atoms with Crippen molar-refractivity contribution < 1.29 is 9.59 Å². The van der Waals surface area contributed by atoms with Crippen LogP contribution in [-0.4, -0.2) is 64.2 Å². The predicted octanol–water partition coefficient (Wildman–Crippen LogP) is 1.72. The van der Waals surface area contributed by atoms with E-state index < -0.39 is 0 Å². The first-order valence-corrected chi connectivity index (χ1v) is 9.95. The molecule has 0 unspecified atom stereocenters. The van der Waals surface area contributed by atoms with Gasteiger partial charge in [0.15, 0.2) is 5.69 Å². The van der Waals surface area contributed by atoms with Crippen LogP contribution < -0.4 is 10.9 Å². The van der Waals surface area contributed by atoms with Crippen LogP contribution >= 0.6 is 0 Å². The van der Waals surface area contributed by atoms with Crippen LogP contribution in [0.5, 0.6) is 0 Å². The van der Waals surface area contributed by atoms with Gasteiger partial charge >= 0.3 is 6.03 Å². The quantitative estimate of drug-likeness (QED) is 0.825. The molecule has 1 saturated heterocycles. The number of benzene rings is 1. The minimum absolute atomic E-state index is 0.0355. The molecule has 1 aromatic heterocycles. The molecule has 2 aliphatic rings. The first-order chi connectivity index (χ1) is 13.6. The molecule has 0 spiro atoms. The van der Waals surface area contributed by atoms with Gasteiger partial charge in [0.05, 0.1) is 5.39 Å². The van der Waals surface area contributed by atoms with E-state index in [-0.39, 0.29) is 29.2 Å². The molecule has 0 bridgehead atoms. The number of hydrogen-bond donors (Lipinski definition) is 2. The van der Waals surface area contributed by atoms with Crippen LogP contribution in [0.2, 0.25) is 0 Å². The maximum atomic E-state index is 12.9. The molecule has 2 aromatic rings. The number of hydrogen-bond acceptors (Lipinski definition) is 4. The zero-order valence-electron chi connectivity index (χ0n) is 15.8. The summed E-state index contributed by atoms with van der Waals surface area (Å²) in [7, 11) is 0. The van der Waals surface area contributed by atoms with Crippen molar-refractivity contribution in [2.45, 2.75) is 38.1 Å². The Balaban J connectivity index is 1.40. The van der Waals surface area contributed by atoms with Crippen LogP contribution in [-0.2, 0) is 0 Å². The van der Waals surface area contributed by atoms with Crippen LogP contribution in [0.4, 0.5) is 4.79 Å². The van der Waals surface area contributed by atoms with Crippen molar-refractivity contribution in [3.63, 3.8) is 0 Å². The summed E-state index contributed by atoms with van der Waals surface area (Å²) in [6.45, 7) is 1.88. The average Bonchev–Trinajstić information content (AvgIpc) is 2.74. The van der Waals surface area contributed by atoms with Crippen LogP contribution in [0.3, 0.4) is 0 Å². The second-order valence-corrected chi connectivity index (χ2v) is 7.51. The van der Waals surface area contributed by atoms with E-state index in [0.717, 1.165) is 12.8 Å². The highest BCUT2D eigenvalue weighted by atomic mass is 16.2. The van der Waals surface area contributed by atoms with Gasteiger partial charge in [0.1, 0.15) is 0 Å². The molecule has 1 aromatic carbocycles. The van der Waals surface area contributed by atoms with Gasteiger partial charge in [-0.2, -0.15) is 5.10 Å². The summed E-state index contributed by atoms with van der Waals surface area (Å²) >= 11 is 0. The van der Waals surface area contributed by atoms with Crippen LogP contribution in [0.25, 0.3) is 10.8 Å². The van der Waals surface area contributed by atoms with Gasteiger partial charge in [0.25, 0.3) is 11.5 Å². The number of H-pyrrole nitrogens is 1. The van der Waals surface area contributed by atoms with Crippen molar-refractivity contribution in [3.8, 4) is 0 Å². The van der Waals surface area contributed by atoms with Gasteiger partial charge in [0, 0.05) is 37.6 Å². The Bertz CT molecular complexity index is 927. The standard InChI is InChI=1S/C20H25N5O3/c26-18-16-9-5-4-8-15(16)17(22-23-18)19(27)24-10-12-25(13-11-24)20(28)21-14-6-2-1-3-7-14/h4-5,8-9,14H,1-3,6-7,10-13H2,(H,21,28)(H,23,26). The molecule has 2 N–H and O–H groups in total. The number of carbonyl (C=O) groups excluding carboxylic acids is 2. The SMILES string of the molecule is O=C(NC1CCCCC1)N1CCN(C(=O)c2n[nH]c(=O)c3ccccc23)CC1. The molecule has 8 heteroatoms. The van der Waals surface area contributed by atoms with Crippen molar-refractivity contribution >= 4 is 22.7 Å². The fraction of sp³-hybridized carbons (Fsp3) is 0.500. The fourth-order valence-electron chi connectivity index (χ4n) is 4.05. The monoisotopic (exact) mass is 383 g/mol. The van der Waals surface area contributed by atoms with E-state index in [1.165, 1.54) is 19.3 Å². The van der Waals surface area contributed by atoms with Crippen molar-refractivity contribution in [2.24, 2.45) is 0 Å². The average molecular weight is 383 g/mol. The van der Waals surface area contributed by atoms with Gasteiger partial charge in [-0.3, -0.25) is 9.59 Å². The lowest BCUT2D eigenvalue weighted by Gasteiger charge is -2.36. The number of aromatic nitrogens is 2. The lowest BCUT2D eigenvalue weighted by atomic mass is 9.96. The number of carbonyl (C=O) groups is 2. The highest BCUT2D eigenvalue weighted by molar-refractivity contribution is 6.04. The Morgan fingerprint density at radius 2 is 1.61 bits per heavy atom. The van der Waals surface area contributed by atoms with E-state index in [2.05, 4.69) is 15.5 Å². The minimum Gasteiger partial charge on any atom is -0.335 e.